The number of hydrogen-bond acceptors (Lipinski definition) is 5. The molecule has 0 saturated carbocycles. The van der Waals surface area contributed by atoms with Crippen LogP contribution in [0, 0.1) is 27.7 Å². The van der Waals surface area contributed by atoms with Crippen LogP contribution in [0.15, 0.2) is 11.0 Å². The Morgan fingerprint density at radius 3 is 2.15 bits per heavy atom. The summed E-state index contributed by atoms with van der Waals surface area (Å²) in [5.74, 6) is -1.02. The van der Waals surface area contributed by atoms with Crippen LogP contribution in [0.25, 0.3) is 0 Å². The first kappa shape index (κ1) is 22.1. The fourth-order valence-corrected chi connectivity index (χ4v) is 4.21. The van der Waals surface area contributed by atoms with Gasteiger partial charge in [0.15, 0.2) is 6.10 Å². The highest BCUT2D eigenvalue weighted by Crippen LogP contribution is 2.25. The van der Waals surface area contributed by atoms with Gasteiger partial charge in [-0.25, -0.2) is 13.1 Å². The predicted molar refractivity (Wildman–Crippen MR) is 99.4 cm³/mol. The minimum absolute atomic E-state index is 0.102. The Labute approximate surface area is 155 Å². The molecule has 0 spiro atoms. The molecule has 0 aliphatic rings. The Hall–Kier alpha value is -1.93. The second-order valence-electron chi connectivity index (χ2n) is 6.26. The number of ether oxygens (including phenoxy) is 1. The van der Waals surface area contributed by atoms with Gasteiger partial charge in [0.05, 0.1) is 11.3 Å². The first-order chi connectivity index (χ1) is 12.0. The molecule has 0 aromatic heterocycles. The number of esters is 1. The van der Waals surface area contributed by atoms with Gasteiger partial charge in [0.2, 0.25) is 10.0 Å². The lowest BCUT2D eigenvalue weighted by molar-refractivity contribution is -0.154. The number of sulfonamides is 1. The van der Waals surface area contributed by atoms with E-state index in [0.29, 0.717) is 17.7 Å². The van der Waals surface area contributed by atoms with Crippen molar-refractivity contribution in [2.45, 2.75) is 59.0 Å². The highest BCUT2D eigenvalue weighted by Gasteiger charge is 2.23. The van der Waals surface area contributed by atoms with Crippen molar-refractivity contribution in [1.29, 1.82) is 0 Å². The molecule has 1 aromatic rings. The summed E-state index contributed by atoms with van der Waals surface area (Å²) in [5, 5.41) is 2.55. The van der Waals surface area contributed by atoms with Gasteiger partial charge in [-0.05, 0) is 63.8 Å². The smallest absolute Gasteiger partial charge is 0.307 e. The van der Waals surface area contributed by atoms with Gasteiger partial charge in [0, 0.05) is 13.1 Å². The Morgan fingerprint density at radius 1 is 1.12 bits per heavy atom. The van der Waals surface area contributed by atoms with Crippen LogP contribution in [0.3, 0.4) is 0 Å². The van der Waals surface area contributed by atoms with Crippen molar-refractivity contribution in [3.8, 4) is 0 Å². The predicted octanol–water partition coefficient (Wildman–Crippen LogP) is 1.66. The molecule has 0 saturated heterocycles. The minimum atomic E-state index is -3.75. The van der Waals surface area contributed by atoms with Crippen molar-refractivity contribution >= 4 is 21.9 Å². The van der Waals surface area contributed by atoms with Gasteiger partial charge < -0.3 is 10.1 Å². The SMILES string of the molecule is CCNC(=O)[C@@H](C)OC(=O)CCNS(=O)(=O)c1c(C)c(C)cc(C)c1C. The summed E-state index contributed by atoms with van der Waals surface area (Å²) < 4.78 is 32.7. The molecule has 1 rings (SSSR count). The van der Waals surface area contributed by atoms with Gasteiger partial charge in [0.25, 0.3) is 5.91 Å². The van der Waals surface area contributed by atoms with Crippen LogP contribution < -0.4 is 10.0 Å². The standard InChI is InChI=1S/C18H28N2O5S/c1-7-19-18(22)15(6)25-16(21)8-9-20-26(23,24)17-13(4)11(2)10-12(3)14(17)5/h10,15,20H,7-9H2,1-6H3,(H,19,22)/t15-/m1/s1. The van der Waals surface area contributed by atoms with E-state index in [1.165, 1.54) is 6.92 Å². The molecule has 0 bridgehead atoms. The molecule has 0 aliphatic carbocycles. The van der Waals surface area contributed by atoms with E-state index in [4.69, 9.17) is 4.74 Å². The number of hydrogen-bond donors (Lipinski definition) is 2. The molecule has 26 heavy (non-hydrogen) atoms. The lowest BCUT2D eigenvalue weighted by atomic mass is 10.0. The van der Waals surface area contributed by atoms with E-state index < -0.39 is 22.1 Å². The Balaban J connectivity index is 2.74. The summed E-state index contributed by atoms with van der Waals surface area (Å²) in [5.41, 5.74) is 3.16. The lowest BCUT2D eigenvalue weighted by Gasteiger charge is -2.16. The van der Waals surface area contributed by atoms with Crippen molar-refractivity contribution in [3.05, 3.63) is 28.3 Å². The number of aryl methyl sites for hydroxylation is 2. The van der Waals surface area contributed by atoms with Crippen LogP contribution in [-0.4, -0.2) is 39.5 Å². The normalized spacial score (nSPS) is 12.5. The average Bonchev–Trinajstić information content (AvgIpc) is 2.52. The maximum Gasteiger partial charge on any atom is 0.307 e. The van der Waals surface area contributed by atoms with E-state index in [9.17, 15) is 18.0 Å². The molecule has 1 aromatic carbocycles. The third-order valence-electron chi connectivity index (χ3n) is 4.22. The molecule has 0 fully saturated rings. The third-order valence-corrected chi connectivity index (χ3v) is 5.95. The van der Waals surface area contributed by atoms with E-state index in [0.717, 1.165) is 11.1 Å². The number of benzene rings is 1. The van der Waals surface area contributed by atoms with Gasteiger partial charge in [-0.15, -0.1) is 0 Å². The molecule has 0 aliphatic heterocycles. The van der Waals surface area contributed by atoms with Gasteiger partial charge in [-0.1, -0.05) is 6.07 Å². The fourth-order valence-electron chi connectivity index (χ4n) is 2.57. The van der Waals surface area contributed by atoms with Gasteiger partial charge in [0.1, 0.15) is 0 Å². The topological polar surface area (TPSA) is 102 Å². The van der Waals surface area contributed by atoms with Crippen LogP contribution in [0.5, 0.6) is 0 Å². The zero-order valence-electron chi connectivity index (χ0n) is 16.2. The molecule has 1 amide bonds. The van der Waals surface area contributed by atoms with Crippen LogP contribution in [-0.2, 0) is 24.3 Å². The van der Waals surface area contributed by atoms with Crippen molar-refractivity contribution in [3.63, 3.8) is 0 Å². The van der Waals surface area contributed by atoms with Crippen molar-refractivity contribution < 1.29 is 22.7 Å². The molecule has 2 N–H and O–H groups in total. The average molecular weight is 384 g/mol. The summed E-state index contributed by atoms with van der Waals surface area (Å²) in [6.07, 6.45) is -1.07. The molecule has 0 radical (unpaired) electrons. The second kappa shape index (κ2) is 9.14. The molecular formula is C18H28N2O5S. The maximum atomic E-state index is 12.6. The highest BCUT2D eigenvalue weighted by molar-refractivity contribution is 7.89. The first-order valence-electron chi connectivity index (χ1n) is 8.55. The summed E-state index contributed by atoms with van der Waals surface area (Å²) in [7, 11) is -3.75. The van der Waals surface area contributed by atoms with E-state index >= 15 is 0 Å². The monoisotopic (exact) mass is 384 g/mol. The van der Waals surface area contributed by atoms with E-state index in [1.807, 2.05) is 19.9 Å². The molecule has 7 nitrogen and oxygen atoms in total. The lowest BCUT2D eigenvalue weighted by Crippen LogP contribution is -2.36. The van der Waals surface area contributed by atoms with E-state index in [1.54, 1.807) is 20.8 Å². The molecule has 146 valence electrons. The summed E-state index contributed by atoms with van der Waals surface area (Å²) in [6, 6.07) is 1.95. The Morgan fingerprint density at radius 2 is 1.65 bits per heavy atom. The molecule has 0 heterocycles. The van der Waals surface area contributed by atoms with E-state index in [-0.39, 0.29) is 23.8 Å². The van der Waals surface area contributed by atoms with Crippen molar-refractivity contribution in [2.24, 2.45) is 0 Å². The molecular weight excluding hydrogens is 356 g/mol. The number of nitrogens with one attached hydrogen (secondary N) is 2. The first-order valence-corrected chi connectivity index (χ1v) is 10.0. The van der Waals surface area contributed by atoms with Crippen LogP contribution in [0.4, 0.5) is 0 Å². The Kier molecular flexibility index (Phi) is 7.77. The largest absolute Gasteiger partial charge is 0.453 e. The second-order valence-corrected chi connectivity index (χ2v) is 7.97. The summed E-state index contributed by atoms with van der Waals surface area (Å²) >= 11 is 0. The molecule has 0 unspecified atom stereocenters. The zero-order chi connectivity index (χ0) is 20.1. The summed E-state index contributed by atoms with van der Waals surface area (Å²) in [6.45, 7) is 10.8. The van der Waals surface area contributed by atoms with Crippen LogP contribution >= 0.6 is 0 Å². The molecule has 8 heteroatoms. The van der Waals surface area contributed by atoms with Gasteiger partial charge >= 0.3 is 5.97 Å². The van der Waals surface area contributed by atoms with Crippen molar-refractivity contribution in [1.82, 2.24) is 10.0 Å². The van der Waals surface area contributed by atoms with Gasteiger partial charge in [-0.3, -0.25) is 9.59 Å². The van der Waals surface area contributed by atoms with Crippen LogP contribution in [0.1, 0.15) is 42.5 Å². The number of carbonyl (C=O) groups excluding carboxylic acids is 2. The fraction of sp³-hybridized carbons (Fsp3) is 0.556. The minimum Gasteiger partial charge on any atom is -0.453 e. The highest BCUT2D eigenvalue weighted by atomic mass is 32.2. The summed E-state index contributed by atoms with van der Waals surface area (Å²) in [4.78, 5) is 23.6. The number of carbonyl (C=O) groups is 2. The third kappa shape index (κ3) is 5.54. The quantitative estimate of drug-likeness (QED) is 0.664. The zero-order valence-corrected chi connectivity index (χ0v) is 17.0. The maximum absolute atomic E-state index is 12.6. The number of rotatable bonds is 8. The van der Waals surface area contributed by atoms with Gasteiger partial charge in [-0.2, -0.15) is 0 Å². The van der Waals surface area contributed by atoms with Crippen molar-refractivity contribution in [2.75, 3.05) is 13.1 Å². The number of likely N-dealkylation sites (N-methyl/N-ethyl adjacent to an activating group) is 1. The van der Waals surface area contributed by atoms with Crippen LogP contribution in [0.2, 0.25) is 0 Å². The van der Waals surface area contributed by atoms with E-state index in [2.05, 4.69) is 10.0 Å². The Bertz CT molecular complexity index is 761. The molecule has 1 atom stereocenters. The number of amides is 1.